The molecule has 3 aromatic rings. The Morgan fingerprint density at radius 3 is 2.58 bits per heavy atom. The van der Waals surface area contributed by atoms with Gasteiger partial charge in [0.15, 0.2) is 5.78 Å². The molecule has 2 aromatic carbocycles. The molecule has 3 rings (SSSR count). The number of hydrogen-bond acceptors (Lipinski definition) is 5. The van der Waals surface area contributed by atoms with E-state index in [2.05, 4.69) is 4.98 Å². The van der Waals surface area contributed by atoms with Crippen LogP contribution < -0.4 is 0 Å². The van der Waals surface area contributed by atoms with E-state index in [1.54, 1.807) is 6.07 Å². The smallest absolute Gasteiger partial charge is 0.173 e. The lowest BCUT2D eigenvalue weighted by Crippen LogP contribution is -2.04. The fourth-order valence-corrected chi connectivity index (χ4v) is 3.30. The van der Waals surface area contributed by atoms with Crippen molar-refractivity contribution in [1.82, 2.24) is 4.98 Å². The van der Waals surface area contributed by atoms with Crippen molar-refractivity contribution >= 4 is 17.1 Å². The summed E-state index contributed by atoms with van der Waals surface area (Å²) in [4.78, 5) is 17.0. The highest BCUT2D eigenvalue weighted by molar-refractivity contribution is 7.10. The van der Waals surface area contributed by atoms with E-state index in [1.807, 2.05) is 42.6 Å². The third-order valence-corrected chi connectivity index (χ3v) is 4.66. The van der Waals surface area contributed by atoms with Crippen LogP contribution >= 0.6 is 11.3 Å². The first-order chi connectivity index (χ1) is 11.6. The van der Waals surface area contributed by atoms with Crippen LogP contribution in [0.5, 0.6) is 11.5 Å². The van der Waals surface area contributed by atoms with Crippen LogP contribution in [-0.4, -0.2) is 21.0 Å². The lowest BCUT2D eigenvalue weighted by Gasteiger charge is -2.07. The van der Waals surface area contributed by atoms with E-state index >= 15 is 0 Å². The number of Topliss-reactive ketones (excluding diaryl/α,β-unsaturated/α-hetero) is 1. The lowest BCUT2D eigenvalue weighted by atomic mass is 10.0. The normalized spacial score (nSPS) is 10.7. The Balaban J connectivity index is 1.82. The van der Waals surface area contributed by atoms with E-state index in [0.717, 1.165) is 11.3 Å². The van der Waals surface area contributed by atoms with Crippen LogP contribution in [0.3, 0.4) is 0 Å². The number of thiazole rings is 1. The molecule has 1 aromatic heterocycles. The maximum Gasteiger partial charge on any atom is 0.173 e. The summed E-state index contributed by atoms with van der Waals surface area (Å²) in [6.45, 7) is 1.88. The number of carbonyl (C=O) groups excluding carboxylic acids is 1. The fraction of sp³-hybridized carbons (Fsp3) is 0.158. The summed E-state index contributed by atoms with van der Waals surface area (Å²) in [6, 6.07) is 12.6. The van der Waals surface area contributed by atoms with Gasteiger partial charge in [-0.3, -0.25) is 4.79 Å². The molecule has 0 unspecified atom stereocenters. The largest absolute Gasteiger partial charge is 0.508 e. The molecule has 122 valence electrons. The molecule has 0 aliphatic rings. The van der Waals surface area contributed by atoms with Crippen LogP contribution in [0.1, 0.15) is 27.9 Å². The monoisotopic (exact) mass is 339 g/mol. The Hall–Kier alpha value is -2.66. The van der Waals surface area contributed by atoms with Crippen LogP contribution in [0.15, 0.2) is 47.8 Å². The van der Waals surface area contributed by atoms with E-state index in [9.17, 15) is 15.0 Å². The summed E-state index contributed by atoms with van der Waals surface area (Å²) in [5, 5.41) is 22.3. The molecule has 0 aliphatic carbocycles. The first-order valence-corrected chi connectivity index (χ1v) is 8.54. The second kappa shape index (κ2) is 6.84. The van der Waals surface area contributed by atoms with Gasteiger partial charge in [0.25, 0.3) is 0 Å². The van der Waals surface area contributed by atoms with Gasteiger partial charge in [0.05, 0.1) is 17.7 Å². The number of rotatable bonds is 5. The molecule has 0 saturated heterocycles. The van der Waals surface area contributed by atoms with Gasteiger partial charge in [-0.2, -0.15) is 0 Å². The van der Waals surface area contributed by atoms with Gasteiger partial charge >= 0.3 is 0 Å². The molecule has 0 saturated carbocycles. The van der Waals surface area contributed by atoms with Crippen molar-refractivity contribution in [3.8, 4) is 22.8 Å². The number of phenolic OH excluding ortho intramolecular Hbond substituents is 2. The van der Waals surface area contributed by atoms with Gasteiger partial charge in [-0.1, -0.05) is 37.3 Å². The maximum atomic E-state index is 12.5. The van der Waals surface area contributed by atoms with Crippen LogP contribution in [-0.2, 0) is 12.8 Å². The third-order valence-electron chi connectivity index (χ3n) is 3.81. The van der Waals surface area contributed by atoms with E-state index < -0.39 is 0 Å². The minimum absolute atomic E-state index is 0.00663. The Morgan fingerprint density at radius 1 is 1.12 bits per heavy atom. The standard InChI is InChI=1S/C19H17NO3S/c1-2-12-8-14(17(22)9-16(12)21)18(23)10-19-20-15(11-24-19)13-6-4-3-5-7-13/h3-9,11,21-22H,2,10H2,1H3. The first-order valence-electron chi connectivity index (χ1n) is 7.66. The Kier molecular flexibility index (Phi) is 4.62. The molecule has 0 atom stereocenters. The molecule has 0 radical (unpaired) electrons. The Morgan fingerprint density at radius 2 is 1.88 bits per heavy atom. The predicted molar refractivity (Wildman–Crippen MR) is 94.7 cm³/mol. The van der Waals surface area contributed by atoms with Gasteiger partial charge in [-0.15, -0.1) is 11.3 Å². The number of aryl methyl sites for hydroxylation is 1. The van der Waals surface area contributed by atoms with E-state index in [1.165, 1.54) is 17.4 Å². The fourth-order valence-electron chi connectivity index (χ4n) is 2.49. The number of carbonyl (C=O) groups is 1. The van der Waals surface area contributed by atoms with Crippen LogP contribution in [0.2, 0.25) is 0 Å². The van der Waals surface area contributed by atoms with Crippen molar-refractivity contribution < 1.29 is 15.0 Å². The highest BCUT2D eigenvalue weighted by Gasteiger charge is 2.17. The van der Waals surface area contributed by atoms with Gasteiger partial charge in [0, 0.05) is 17.0 Å². The van der Waals surface area contributed by atoms with Crippen molar-refractivity contribution in [3.63, 3.8) is 0 Å². The van der Waals surface area contributed by atoms with E-state index in [4.69, 9.17) is 0 Å². The van der Waals surface area contributed by atoms with Crippen molar-refractivity contribution in [2.45, 2.75) is 19.8 Å². The number of aromatic hydroxyl groups is 2. The molecule has 4 nitrogen and oxygen atoms in total. The number of phenols is 2. The molecule has 0 fully saturated rings. The number of nitrogens with zero attached hydrogens (tertiary/aromatic N) is 1. The third kappa shape index (κ3) is 3.31. The van der Waals surface area contributed by atoms with Crippen molar-refractivity contribution in [2.24, 2.45) is 0 Å². The topological polar surface area (TPSA) is 70.4 Å². The summed E-state index contributed by atoms with van der Waals surface area (Å²) in [7, 11) is 0. The second-order valence-electron chi connectivity index (χ2n) is 5.44. The molecule has 0 amide bonds. The number of benzene rings is 2. The van der Waals surface area contributed by atoms with Gasteiger partial charge < -0.3 is 10.2 Å². The SMILES string of the molecule is CCc1cc(C(=O)Cc2nc(-c3ccccc3)cs2)c(O)cc1O. The quantitative estimate of drug-likeness (QED) is 0.683. The summed E-state index contributed by atoms with van der Waals surface area (Å²) < 4.78 is 0. The van der Waals surface area contributed by atoms with Gasteiger partial charge in [-0.25, -0.2) is 4.98 Å². The second-order valence-corrected chi connectivity index (χ2v) is 6.39. The summed E-state index contributed by atoms with van der Waals surface area (Å²) in [5.74, 6) is -0.405. The maximum absolute atomic E-state index is 12.5. The summed E-state index contributed by atoms with van der Waals surface area (Å²) in [6.07, 6.45) is 0.709. The van der Waals surface area contributed by atoms with Crippen LogP contribution in [0, 0.1) is 0 Å². The van der Waals surface area contributed by atoms with E-state index in [-0.39, 0.29) is 29.3 Å². The summed E-state index contributed by atoms with van der Waals surface area (Å²) >= 11 is 1.42. The molecular weight excluding hydrogens is 322 g/mol. The van der Waals surface area contributed by atoms with Gasteiger partial charge in [0.2, 0.25) is 0 Å². The van der Waals surface area contributed by atoms with Crippen LogP contribution in [0.25, 0.3) is 11.3 Å². The Bertz CT molecular complexity index is 872. The molecule has 2 N–H and O–H groups in total. The van der Waals surface area contributed by atoms with Gasteiger partial charge in [0.1, 0.15) is 16.5 Å². The summed E-state index contributed by atoms with van der Waals surface area (Å²) in [5.41, 5.74) is 2.71. The Labute approximate surface area is 144 Å². The van der Waals surface area contributed by atoms with Crippen molar-refractivity contribution in [2.75, 3.05) is 0 Å². The zero-order valence-electron chi connectivity index (χ0n) is 13.2. The zero-order valence-corrected chi connectivity index (χ0v) is 14.0. The van der Waals surface area contributed by atoms with Crippen molar-refractivity contribution in [3.05, 3.63) is 64.0 Å². The molecule has 0 spiro atoms. The number of hydrogen-bond donors (Lipinski definition) is 2. The van der Waals surface area contributed by atoms with Crippen LogP contribution in [0.4, 0.5) is 0 Å². The highest BCUT2D eigenvalue weighted by Crippen LogP contribution is 2.29. The first kappa shape index (κ1) is 16.2. The van der Waals surface area contributed by atoms with Gasteiger partial charge in [-0.05, 0) is 18.1 Å². The minimum atomic E-state index is -0.212. The molecule has 5 heteroatoms. The number of aromatic nitrogens is 1. The molecule has 24 heavy (non-hydrogen) atoms. The highest BCUT2D eigenvalue weighted by atomic mass is 32.1. The van der Waals surface area contributed by atoms with E-state index in [0.29, 0.717) is 17.0 Å². The zero-order chi connectivity index (χ0) is 17.1. The average molecular weight is 339 g/mol. The minimum Gasteiger partial charge on any atom is -0.508 e. The molecule has 1 heterocycles. The molecule has 0 bridgehead atoms. The molecule has 0 aliphatic heterocycles. The number of ketones is 1. The average Bonchev–Trinajstić information content (AvgIpc) is 3.04. The van der Waals surface area contributed by atoms with Crippen molar-refractivity contribution in [1.29, 1.82) is 0 Å². The lowest BCUT2D eigenvalue weighted by molar-refractivity contribution is 0.0990. The molecular formula is C19H17NO3S. The predicted octanol–water partition coefficient (Wildman–Crippen LogP) is 4.21.